The molecule has 1 aromatic rings. The van der Waals surface area contributed by atoms with Crippen LogP contribution in [0.25, 0.3) is 0 Å². The second kappa shape index (κ2) is 5.90. The normalized spacial score (nSPS) is 34.5. The van der Waals surface area contributed by atoms with Crippen LogP contribution in [0.2, 0.25) is 0 Å². The number of hydrogen-bond acceptors (Lipinski definition) is 5. The minimum atomic E-state index is -0.0178. The van der Waals surface area contributed by atoms with Gasteiger partial charge in [0.1, 0.15) is 0 Å². The Balaban J connectivity index is 1.35. The summed E-state index contributed by atoms with van der Waals surface area (Å²) in [7, 11) is 0. The molecule has 0 unspecified atom stereocenters. The summed E-state index contributed by atoms with van der Waals surface area (Å²) in [6.45, 7) is 2.64. The number of nitrogens with zero attached hydrogens (tertiary/aromatic N) is 2. The Labute approximate surface area is 142 Å². The van der Waals surface area contributed by atoms with Crippen LogP contribution in [0.15, 0.2) is 16.2 Å². The zero-order valence-corrected chi connectivity index (χ0v) is 14.3. The molecule has 0 aromatic carbocycles. The van der Waals surface area contributed by atoms with Crippen molar-refractivity contribution >= 4 is 11.9 Å². The molecular formula is C18H26N4O2. The molecule has 0 saturated heterocycles. The van der Waals surface area contributed by atoms with Crippen LogP contribution in [0.3, 0.4) is 0 Å². The first-order valence-corrected chi connectivity index (χ1v) is 9.07. The third-order valence-electron chi connectivity index (χ3n) is 6.34. The molecular weight excluding hydrogens is 304 g/mol. The van der Waals surface area contributed by atoms with E-state index in [1.165, 1.54) is 44.1 Å². The van der Waals surface area contributed by atoms with E-state index in [-0.39, 0.29) is 11.9 Å². The van der Waals surface area contributed by atoms with Gasteiger partial charge in [0.25, 0.3) is 5.95 Å². The summed E-state index contributed by atoms with van der Waals surface area (Å²) >= 11 is 0. The summed E-state index contributed by atoms with van der Waals surface area (Å²) in [4.78, 5) is 16.2. The van der Waals surface area contributed by atoms with Gasteiger partial charge in [0.15, 0.2) is 0 Å². The first kappa shape index (κ1) is 15.7. The molecule has 4 saturated carbocycles. The van der Waals surface area contributed by atoms with Crippen molar-refractivity contribution in [1.29, 1.82) is 0 Å². The van der Waals surface area contributed by atoms with Crippen LogP contribution in [-0.4, -0.2) is 22.6 Å². The highest BCUT2D eigenvalue weighted by atomic mass is 16.5. The summed E-state index contributed by atoms with van der Waals surface area (Å²) in [6, 6.07) is 0. The highest BCUT2D eigenvalue weighted by Crippen LogP contribution is 2.62. The summed E-state index contributed by atoms with van der Waals surface area (Å²) in [5.41, 5.74) is 6.98. The number of nitrogens with two attached hydrogens (primary N) is 1. The predicted molar refractivity (Wildman–Crippen MR) is 89.8 cm³/mol. The molecule has 4 bridgehead atoms. The van der Waals surface area contributed by atoms with Crippen molar-refractivity contribution in [2.45, 2.75) is 51.9 Å². The van der Waals surface area contributed by atoms with Crippen molar-refractivity contribution in [1.82, 2.24) is 15.5 Å². The van der Waals surface area contributed by atoms with E-state index < -0.39 is 0 Å². The quantitative estimate of drug-likeness (QED) is 0.809. The molecule has 1 heterocycles. The molecule has 0 spiro atoms. The SMILES string of the molecule is C/C(=C/C(=O)NCCc1nc(N)no1)C12CC3CC(CC(C3)C1)C2. The second-order valence-corrected chi connectivity index (χ2v) is 8.11. The molecule has 130 valence electrons. The predicted octanol–water partition coefficient (Wildman–Crippen LogP) is 2.47. The number of amides is 1. The van der Waals surface area contributed by atoms with Gasteiger partial charge in [-0.15, -0.1) is 0 Å². The molecule has 1 amide bonds. The van der Waals surface area contributed by atoms with Gasteiger partial charge in [0, 0.05) is 19.0 Å². The maximum absolute atomic E-state index is 12.3. The van der Waals surface area contributed by atoms with E-state index in [0.717, 1.165) is 17.8 Å². The van der Waals surface area contributed by atoms with E-state index in [4.69, 9.17) is 10.3 Å². The lowest BCUT2D eigenvalue weighted by Gasteiger charge is -2.57. The highest BCUT2D eigenvalue weighted by Gasteiger charge is 2.51. The van der Waals surface area contributed by atoms with Crippen LogP contribution < -0.4 is 11.1 Å². The smallest absolute Gasteiger partial charge is 0.260 e. The van der Waals surface area contributed by atoms with Gasteiger partial charge in [0.05, 0.1) is 0 Å². The number of anilines is 1. The minimum absolute atomic E-state index is 0.0178. The van der Waals surface area contributed by atoms with Crippen molar-refractivity contribution in [3.63, 3.8) is 0 Å². The van der Waals surface area contributed by atoms with E-state index >= 15 is 0 Å². The summed E-state index contributed by atoms with van der Waals surface area (Å²) in [5.74, 6) is 3.25. The average molecular weight is 330 g/mol. The first-order chi connectivity index (χ1) is 11.5. The van der Waals surface area contributed by atoms with Crippen LogP contribution in [-0.2, 0) is 11.2 Å². The van der Waals surface area contributed by atoms with Crippen molar-refractivity contribution in [3.8, 4) is 0 Å². The molecule has 24 heavy (non-hydrogen) atoms. The standard InChI is InChI=1S/C18H26N4O2/c1-11(4-15(23)20-3-2-16-21-17(19)22-24-16)18-8-12-5-13(9-18)7-14(6-12)10-18/h4,12-14H,2-3,5-10H2,1H3,(H2,19,22)(H,20,23)/b11-4-. The molecule has 3 N–H and O–H groups in total. The van der Waals surface area contributed by atoms with Gasteiger partial charge in [-0.1, -0.05) is 5.57 Å². The number of carbonyl (C=O) groups excluding carboxylic acids is 1. The number of aromatic nitrogens is 2. The van der Waals surface area contributed by atoms with Crippen LogP contribution in [0, 0.1) is 23.2 Å². The zero-order valence-electron chi connectivity index (χ0n) is 14.3. The fourth-order valence-electron chi connectivity index (χ4n) is 5.66. The Morgan fingerprint density at radius 3 is 2.46 bits per heavy atom. The van der Waals surface area contributed by atoms with Gasteiger partial charge in [-0.2, -0.15) is 4.98 Å². The maximum Gasteiger partial charge on any atom is 0.260 e. The van der Waals surface area contributed by atoms with Crippen LogP contribution >= 0.6 is 0 Å². The van der Waals surface area contributed by atoms with Gasteiger partial charge in [-0.05, 0) is 73.8 Å². The van der Waals surface area contributed by atoms with E-state index in [1.54, 1.807) is 0 Å². The van der Waals surface area contributed by atoms with Gasteiger partial charge in [-0.3, -0.25) is 4.79 Å². The Morgan fingerprint density at radius 1 is 1.29 bits per heavy atom. The molecule has 0 radical (unpaired) electrons. The molecule has 0 aliphatic heterocycles. The van der Waals surface area contributed by atoms with Gasteiger partial charge in [0.2, 0.25) is 11.8 Å². The lowest BCUT2D eigenvalue weighted by Crippen LogP contribution is -2.46. The van der Waals surface area contributed by atoms with Crippen LogP contribution in [0.4, 0.5) is 5.95 Å². The molecule has 6 heteroatoms. The number of allylic oxidation sites excluding steroid dienone is 1. The fourth-order valence-corrected chi connectivity index (χ4v) is 5.66. The number of nitrogen functional groups attached to an aromatic ring is 1. The van der Waals surface area contributed by atoms with Crippen molar-refractivity contribution in [2.24, 2.45) is 23.2 Å². The molecule has 4 aliphatic carbocycles. The Morgan fingerprint density at radius 2 is 1.92 bits per heavy atom. The number of rotatable bonds is 5. The minimum Gasteiger partial charge on any atom is -0.365 e. The molecule has 4 fully saturated rings. The topological polar surface area (TPSA) is 94.0 Å². The van der Waals surface area contributed by atoms with Gasteiger partial charge >= 0.3 is 0 Å². The average Bonchev–Trinajstić information content (AvgIpc) is 2.91. The molecule has 4 aliphatic rings. The zero-order chi connectivity index (χ0) is 16.7. The van der Waals surface area contributed by atoms with Crippen molar-refractivity contribution < 1.29 is 9.32 Å². The Kier molecular flexibility index (Phi) is 3.85. The lowest BCUT2D eigenvalue weighted by molar-refractivity contribution is -0.116. The molecule has 1 aromatic heterocycles. The second-order valence-electron chi connectivity index (χ2n) is 8.11. The van der Waals surface area contributed by atoms with E-state index in [2.05, 4.69) is 22.4 Å². The largest absolute Gasteiger partial charge is 0.365 e. The number of carbonyl (C=O) groups is 1. The molecule has 5 rings (SSSR count). The van der Waals surface area contributed by atoms with Gasteiger partial charge < -0.3 is 15.6 Å². The van der Waals surface area contributed by atoms with E-state index in [0.29, 0.717) is 24.3 Å². The van der Waals surface area contributed by atoms with E-state index in [1.807, 2.05) is 6.08 Å². The van der Waals surface area contributed by atoms with Crippen molar-refractivity contribution in [3.05, 3.63) is 17.5 Å². The summed E-state index contributed by atoms with van der Waals surface area (Å²) < 4.78 is 4.94. The third-order valence-corrected chi connectivity index (χ3v) is 6.34. The third kappa shape index (κ3) is 2.94. The molecule has 0 atom stereocenters. The Hall–Kier alpha value is -1.85. The van der Waals surface area contributed by atoms with Gasteiger partial charge in [-0.25, -0.2) is 0 Å². The monoisotopic (exact) mass is 330 g/mol. The fraction of sp³-hybridized carbons (Fsp3) is 0.722. The van der Waals surface area contributed by atoms with Crippen molar-refractivity contribution in [2.75, 3.05) is 12.3 Å². The number of nitrogens with one attached hydrogen (secondary N) is 1. The first-order valence-electron chi connectivity index (χ1n) is 9.07. The van der Waals surface area contributed by atoms with Crippen LogP contribution in [0.1, 0.15) is 51.3 Å². The molecule has 6 nitrogen and oxygen atoms in total. The number of hydrogen-bond donors (Lipinski definition) is 2. The summed E-state index contributed by atoms with van der Waals surface area (Å²) in [5, 5.41) is 6.46. The highest BCUT2D eigenvalue weighted by molar-refractivity contribution is 5.88. The Bertz CT molecular complexity index is 628. The lowest BCUT2D eigenvalue weighted by atomic mass is 9.48. The maximum atomic E-state index is 12.3. The van der Waals surface area contributed by atoms with E-state index in [9.17, 15) is 4.79 Å². The van der Waals surface area contributed by atoms with Crippen LogP contribution in [0.5, 0.6) is 0 Å². The summed E-state index contributed by atoms with van der Waals surface area (Å²) in [6.07, 6.45) is 10.5.